The fraction of sp³-hybridized carbons (Fsp3) is 0.400. The summed E-state index contributed by atoms with van der Waals surface area (Å²) in [7, 11) is 0. The minimum atomic E-state index is -0.535. The number of rotatable bonds is 7. The van der Waals surface area contributed by atoms with Gasteiger partial charge in [0.25, 0.3) is 0 Å². The highest BCUT2D eigenvalue weighted by Gasteiger charge is 2.37. The zero-order chi connectivity index (χ0) is 23.4. The first-order valence-corrected chi connectivity index (χ1v) is 11.4. The predicted octanol–water partition coefficient (Wildman–Crippen LogP) is 2.77. The second-order valence-electron chi connectivity index (χ2n) is 8.66. The van der Waals surface area contributed by atoms with Crippen molar-refractivity contribution in [2.75, 3.05) is 19.6 Å². The topological polar surface area (TPSA) is 84.2 Å². The molecule has 3 heterocycles. The molecular formula is C25H30N6O2. The highest BCUT2D eigenvalue weighted by atomic mass is 16.2. The third-order valence-corrected chi connectivity index (χ3v) is 6.10. The van der Waals surface area contributed by atoms with Gasteiger partial charge in [-0.1, -0.05) is 43.3 Å². The minimum absolute atomic E-state index is 0.00660. The van der Waals surface area contributed by atoms with Gasteiger partial charge in [0.2, 0.25) is 11.8 Å². The van der Waals surface area contributed by atoms with Crippen LogP contribution in [-0.4, -0.2) is 67.3 Å². The SMILES string of the molecule is CCN1CCN(C(=O)Cn2cc(C(C)C)nn2)[C@@H](Cc2cccc(-c3ccncc3)c2)C1=O. The Morgan fingerprint density at radius 3 is 2.61 bits per heavy atom. The Kier molecular flexibility index (Phi) is 6.82. The molecule has 2 amide bonds. The standard InChI is InChI=1S/C25H30N6O2/c1-4-29-12-13-31(24(32)17-30-16-22(18(2)3)27-28-30)23(25(29)33)15-19-6-5-7-21(14-19)20-8-10-26-11-9-20/h5-11,14,16,18,23H,4,12-13,15,17H2,1-3H3/t23-/m0/s1. The van der Waals surface area contributed by atoms with E-state index in [1.807, 2.05) is 56.0 Å². The maximum atomic E-state index is 13.3. The third kappa shape index (κ3) is 5.10. The van der Waals surface area contributed by atoms with Crippen LogP contribution in [0.5, 0.6) is 0 Å². The highest BCUT2D eigenvalue weighted by Crippen LogP contribution is 2.23. The van der Waals surface area contributed by atoms with Crippen LogP contribution in [0.15, 0.2) is 55.0 Å². The van der Waals surface area contributed by atoms with E-state index in [0.29, 0.717) is 26.1 Å². The Labute approximate surface area is 194 Å². The summed E-state index contributed by atoms with van der Waals surface area (Å²) in [5.74, 6) is 0.117. The molecule has 172 valence electrons. The lowest BCUT2D eigenvalue weighted by Gasteiger charge is -2.40. The molecule has 0 unspecified atom stereocenters. The van der Waals surface area contributed by atoms with Gasteiger partial charge in [0, 0.05) is 44.6 Å². The zero-order valence-corrected chi connectivity index (χ0v) is 19.4. The van der Waals surface area contributed by atoms with Crippen LogP contribution in [0.1, 0.15) is 37.9 Å². The largest absolute Gasteiger partial charge is 0.339 e. The summed E-state index contributed by atoms with van der Waals surface area (Å²) in [4.78, 5) is 34.1. The number of hydrogen-bond acceptors (Lipinski definition) is 5. The molecule has 1 saturated heterocycles. The van der Waals surface area contributed by atoms with Crippen molar-refractivity contribution in [3.63, 3.8) is 0 Å². The van der Waals surface area contributed by atoms with Gasteiger partial charge in [0.1, 0.15) is 12.6 Å². The number of amides is 2. The molecule has 1 fully saturated rings. The van der Waals surface area contributed by atoms with E-state index < -0.39 is 6.04 Å². The van der Waals surface area contributed by atoms with Gasteiger partial charge in [-0.2, -0.15) is 0 Å². The second kappa shape index (κ2) is 9.94. The van der Waals surface area contributed by atoms with E-state index >= 15 is 0 Å². The van der Waals surface area contributed by atoms with Crippen LogP contribution in [0.25, 0.3) is 11.1 Å². The lowest BCUT2D eigenvalue weighted by Crippen LogP contribution is -2.59. The quantitative estimate of drug-likeness (QED) is 0.557. The van der Waals surface area contributed by atoms with Crippen molar-refractivity contribution in [3.8, 4) is 11.1 Å². The van der Waals surface area contributed by atoms with E-state index in [-0.39, 0.29) is 24.3 Å². The van der Waals surface area contributed by atoms with Crippen LogP contribution in [0.4, 0.5) is 0 Å². The molecule has 2 aromatic heterocycles. The van der Waals surface area contributed by atoms with Crippen molar-refractivity contribution in [2.24, 2.45) is 0 Å². The molecule has 0 aliphatic carbocycles. The first kappa shape index (κ1) is 22.6. The van der Waals surface area contributed by atoms with Crippen molar-refractivity contribution < 1.29 is 9.59 Å². The van der Waals surface area contributed by atoms with Crippen LogP contribution in [0.3, 0.4) is 0 Å². The van der Waals surface area contributed by atoms with Crippen LogP contribution in [-0.2, 0) is 22.6 Å². The third-order valence-electron chi connectivity index (χ3n) is 6.10. The molecular weight excluding hydrogens is 416 g/mol. The number of piperazine rings is 1. The van der Waals surface area contributed by atoms with E-state index in [1.165, 1.54) is 0 Å². The maximum absolute atomic E-state index is 13.3. The lowest BCUT2D eigenvalue weighted by atomic mass is 9.97. The Hall–Kier alpha value is -3.55. The molecule has 33 heavy (non-hydrogen) atoms. The summed E-state index contributed by atoms with van der Waals surface area (Å²) < 4.78 is 1.56. The Morgan fingerprint density at radius 2 is 1.91 bits per heavy atom. The number of aromatic nitrogens is 4. The maximum Gasteiger partial charge on any atom is 0.245 e. The van der Waals surface area contributed by atoms with Crippen molar-refractivity contribution in [3.05, 3.63) is 66.2 Å². The van der Waals surface area contributed by atoms with Gasteiger partial charge in [0.05, 0.1) is 5.69 Å². The number of pyridine rings is 1. The van der Waals surface area contributed by atoms with Crippen molar-refractivity contribution in [1.29, 1.82) is 0 Å². The van der Waals surface area contributed by atoms with E-state index in [2.05, 4.69) is 21.4 Å². The molecule has 0 spiro atoms. The molecule has 8 nitrogen and oxygen atoms in total. The molecule has 0 N–H and O–H groups in total. The van der Waals surface area contributed by atoms with E-state index in [0.717, 1.165) is 22.4 Å². The van der Waals surface area contributed by atoms with Crippen molar-refractivity contribution in [2.45, 2.75) is 45.7 Å². The van der Waals surface area contributed by atoms with E-state index in [4.69, 9.17) is 0 Å². The Balaban J connectivity index is 1.56. The summed E-state index contributed by atoms with van der Waals surface area (Å²) in [5.41, 5.74) is 3.99. The number of likely N-dealkylation sites (N-methyl/N-ethyl adjacent to an activating group) is 1. The van der Waals surface area contributed by atoms with Gasteiger partial charge in [0.15, 0.2) is 0 Å². The molecule has 1 atom stereocenters. The van der Waals surface area contributed by atoms with Gasteiger partial charge in [-0.15, -0.1) is 5.10 Å². The normalized spacial score (nSPS) is 16.5. The molecule has 0 radical (unpaired) electrons. The second-order valence-corrected chi connectivity index (χ2v) is 8.66. The number of nitrogens with zero attached hydrogens (tertiary/aromatic N) is 6. The Bertz CT molecular complexity index is 1110. The summed E-state index contributed by atoms with van der Waals surface area (Å²) in [6, 6.07) is 11.5. The summed E-state index contributed by atoms with van der Waals surface area (Å²) in [6.07, 6.45) is 5.80. The molecule has 8 heteroatoms. The van der Waals surface area contributed by atoms with Gasteiger partial charge >= 0.3 is 0 Å². The zero-order valence-electron chi connectivity index (χ0n) is 19.4. The van der Waals surface area contributed by atoms with Gasteiger partial charge < -0.3 is 9.80 Å². The molecule has 1 aromatic carbocycles. The van der Waals surface area contributed by atoms with E-state index in [1.54, 1.807) is 28.2 Å². The fourth-order valence-corrected chi connectivity index (χ4v) is 4.18. The minimum Gasteiger partial charge on any atom is -0.339 e. The van der Waals surface area contributed by atoms with Gasteiger partial charge in [-0.05, 0) is 41.7 Å². The molecule has 3 aromatic rings. The van der Waals surface area contributed by atoms with Crippen LogP contribution in [0, 0.1) is 0 Å². The smallest absolute Gasteiger partial charge is 0.245 e. The van der Waals surface area contributed by atoms with Crippen LogP contribution >= 0.6 is 0 Å². The lowest BCUT2D eigenvalue weighted by molar-refractivity contribution is -0.151. The summed E-state index contributed by atoms with van der Waals surface area (Å²) in [5, 5.41) is 8.24. The first-order chi connectivity index (χ1) is 16.0. The van der Waals surface area contributed by atoms with E-state index in [9.17, 15) is 9.59 Å². The molecule has 0 saturated carbocycles. The molecule has 1 aliphatic heterocycles. The number of carbonyl (C=O) groups excluding carboxylic acids is 2. The van der Waals surface area contributed by atoms with Gasteiger partial charge in [-0.25, -0.2) is 4.68 Å². The van der Waals surface area contributed by atoms with Crippen LogP contribution < -0.4 is 0 Å². The van der Waals surface area contributed by atoms with Crippen LogP contribution in [0.2, 0.25) is 0 Å². The monoisotopic (exact) mass is 446 g/mol. The predicted molar refractivity (Wildman–Crippen MR) is 125 cm³/mol. The molecule has 4 rings (SSSR count). The molecule has 1 aliphatic rings. The Morgan fingerprint density at radius 1 is 1.12 bits per heavy atom. The summed E-state index contributed by atoms with van der Waals surface area (Å²) in [6.45, 7) is 7.81. The molecule has 0 bridgehead atoms. The van der Waals surface area contributed by atoms with Crippen molar-refractivity contribution in [1.82, 2.24) is 29.8 Å². The number of hydrogen-bond donors (Lipinski definition) is 0. The highest BCUT2D eigenvalue weighted by molar-refractivity contribution is 5.89. The number of benzene rings is 1. The first-order valence-electron chi connectivity index (χ1n) is 11.4. The summed E-state index contributed by atoms with van der Waals surface area (Å²) >= 11 is 0. The van der Waals surface area contributed by atoms with Gasteiger partial charge in [-0.3, -0.25) is 14.6 Å². The fourth-order valence-electron chi connectivity index (χ4n) is 4.18. The average molecular weight is 447 g/mol. The van der Waals surface area contributed by atoms with Crippen molar-refractivity contribution >= 4 is 11.8 Å². The number of carbonyl (C=O) groups is 2. The average Bonchev–Trinajstić information content (AvgIpc) is 3.30.